The summed E-state index contributed by atoms with van der Waals surface area (Å²) in [6.07, 6.45) is 3.15. The first kappa shape index (κ1) is 21.8. The third-order valence-electron chi connectivity index (χ3n) is 4.67. The van der Waals surface area contributed by atoms with Crippen molar-refractivity contribution in [1.82, 2.24) is 9.78 Å². The average molecular weight is 449 g/mol. The van der Waals surface area contributed by atoms with Crippen LogP contribution in [0.5, 0.6) is 5.75 Å². The topological polar surface area (TPSA) is 95.6 Å². The lowest BCUT2D eigenvalue weighted by Gasteiger charge is -2.05. The van der Waals surface area contributed by atoms with Crippen LogP contribution in [0.15, 0.2) is 77.5 Å². The molecule has 1 amide bonds. The summed E-state index contributed by atoms with van der Waals surface area (Å²) in [6, 6.07) is 15.9. The van der Waals surface area contributed by atoms with E-state index in [1.54, 1.807) is 59.4 Å². The van der Waals surface area contributed by atoms with E-state index in [1.807, 2.05) is 0 Å². The summed E-state index contributed by atoms with van der Waals surface area (Å²) in [7, 11) is 1.32. The number of esters is 1. The van der Waals surface area contributed by atoms with Crippen LogP contribution in [0.3, 0.4) is 0 Å². The number of amides is 1. The number of nitrogens with one attached hydrogen (secondary N) is 1. The molecule has 0 aliphatic carbocycles. The van der Waals surface area contributed by atoms with E-state index in [-0.39, 0.29) is 18.2 Å². The Balaban J connectivity index is 1.31. The fourth-order valence-corrected chi connectivity index (χ4v) is 3.07. The standard InChI is InChI=1S/C24H20FN3O5/c1-31-24(30)17-5-7-20(8-6-17)32-15-21-9-10-22(33-21)23(29)27-19-12-26-28(14-19)13-16-3-2-4-18(25)11-16/h2-12,14H,13,15H2,1H3,(H,27,29). The summed E-state index contributed by atoms with van der Waals surface area (Å²) in [6.45, 7) is 0.479. The molecule has 2 aromatic carbocycles. The van der Waals surface area contributed by atoms with Crippen molar-refractivity contribution in [2.75, 3.05) is 12.4 Å². The van der Waals surface area contributed by atoms with E-state index in [2.05, 4.69) is 15.2 Å². The number of hydrogen-bond donors (Lipinski definition) is 1. The van der Waals surface area contributed by atoms with Gasteiger partial charge in [0.25, 0.3) is 5.91 Å². The number of ether oxygens (including phenoxy) is 2. The lowest BCUT2D eigenvalue weighted by atomic mass is 10.2. The van der Waals surface area contributed by atoms with Crippen molar-refractivity contribution >= 4 is 17.6 Å². The van der Waals surface area contributed by atoms with Gasteiger partial charge in [-0.15, -0.1) is 0 Å². The quantitative estimate of drug-likeness (QED) is 0.404. The van der Waals surface area contributed by atoms with Crippen LogP contribution < -0.4 is 10.1 Å². The van der Waals surface area contributed by atoms with Crippen LogP contribution in [0.2, 0.25) is 0 Å². The molecule has 0 atom stereocenters. The van der Waals surface area contributed by atoms with Gasteiger partial charge < -0.3 is 19.2 Å². The first-order valence-corrected chi connectivity index (χ1v) is 9.98. The van der Waals surface area contributed by atoms with Crippen LogP contribution in [0.4, 0.5) is 10.1 Å². The fraction of sp³-hybridized carbons (Fsp3) is 0.125. The van der Waals surface area contributed by atoms with Gasteiger partial charge in [-0.2, -0.15) is 5.10 Å². The third kappa shape index (κ3) is 5.65. The molecule has 9 heteroatoms. The Hall–Kier alpha value is -4.40. The van der Waals surface area contributed by atoms with Crippen LogP contribution in [0.25, 0.3) is 0 Å². The van der Waals surface area contributed by atoms with Gasteiger partial charge in [0.05, 0.1) is 31.1 Å². The number of aromatic nitrogens is 2. The Bertz CT molecular complexity index is 1260. The Morgan fingerprint density at radius 3 is 2.70 bits per heavy atom. The number of anilines is 1. The van der Waals surface area contributed by atoms with Gasteiger partial charge in [-0.3, -0.25) is 9.48 Å². The van der Waals surface area contributed by atoms with E-state index < -0.39 is 11.9 Å². The Kier molecular flexibility index (Phi) is 6.49. The number of carbonyl (C=O) groups is 2. The maximum atomic E-state index is 13.3. The molecule has 0 bridgehead atoms. The maximum Gasteiger partial charge on any atom is 0.337 e. The minimum atomic E-state index is -0.436. The summed E-state index contributed by atoms with van der Waals surface area (Å²) >= 11 is 0. The molecule has 0 saturated carbocycles. The normalized spacial score (nSPS) is 10.6. The highest BCUT2D eigenvalue weighted by Crippen LogP contribution is 2.17. The highest BCUT2D eigenvalue weighted by molar-refractivity contribution is 6.02. The van der Waals surface area contributed by atoms with E-state index in [0.29, 0.717) is 29.3 Å². The fourth-order valence-electron chi connectivity index (χ4n) is 3.07. The zero-order chi connectivity index (χ0) is 23.2. The highest BCUT2D eigenvalue weighted by atomic mass is 19.1. The lowest BCUT2D eigenvalue weighted by Crippen LogP contribution is -2.10. The van der Waals surface area contributed by atoms with Crippen molar-refractivity contribution < 1.29 is 27.9 Å². The molecule has 8 nitrogen and oxygen atoms in total. The smallest absolute Gasteiger partial charge is 0.337 e. The van der Waals surface area contributed by atoms with Gasteiger partial charge >= 0.3 is 5.97 Å². The number of methoxy groups -OCH3 is 1. The summed E-state index contributed by atoms with van der Waals surface area (Å²) in [5.41, 5.74) is 1.66. The van der Waals surface area contributed by atoms with Gasteiger partial charge in [0, 0.05) is 6.20 Å². The zero-order valence-electron chi connectivity index (χ0n) is 17.7. The highest BCUT2D eigenvalue weighted by Gasteiger charge is 2.13. The zero-order valence-corrected chi connectivity index (χ0v) is 17.7. The van der Waals surface area contributed by atoms with Crippen molar-refractivity contribution in [3.63, 3.8) is 0 Å². The molecule has 4 rings (SSSR count). The number of benzene rings is 2. The lowest BCUT2D eigenvalue weighted by molar-refractivity contribution is 0.0600. The summed E-state index contributed by atoms with van der Waals surface area (Å²) in [4.78, 5) is 23.9. The van der Waals surface area contributed by atoms with Gasteiger partial charge in [0.15, 0.2) is 5.76 Å². The minimum Gasteiger partial charge on any atom is -0.486 e. The predicted molar refractivity (Wildman–Crippen MR) is 117 cm³/mol. The number of carbonyl (C=O) groups excluding carboxylic acids is 2. The van der Waals surface area contributed by atoms with Crippen LogP contribution in [-0.4, -0.2) is 28.8 Å². The number of hydrogen-bond acceptors (Lipinski definition) is 6. The molecule has 0 aliphatic heterocycles. The molecule has 2 heterocycles. The van der Waals surface area contributed by atoms with Crippen molar-refractivity contribution in [3.05, 3.63) is 102 Å². The van der Waals surface area contributed by atoms with E-state index >= 15 is 0 Å². The van der Waals surface area contributed by atoms with E-state index in [1.165, 1.54) is 25.4 Å². The van der Waals surface area contributed by atoms with Crippen LogP contribution in [0, 0.1) is 5.82 Å². The predicted octanol–water partition coefficient (Wildman–Crippen LogP) is 4.28. The van der Waals surface area contributed by atoms with Crippen LogP contribution >= 0.6 is 0 Å². The molecule has 0 aliphatic rings. The molecule has 0 fully saturated rings. The van der Waals surface area contributed by atoms with E-state index in [0.717, 1.165) is 5.56 Å². The average Bonchev–Trinajstić information content (AvgIpc) is 3.47. The molecule has 0 unspecified atom stereocenters. The van der Waals surface area contributed by atoms with Crippen LogP contribution in [-0.2, 0) is 17.9 Å². The Morgan fingerprint density at radius 1 is 1.12 bits per heavy atom. The Morgan fingerprint density at radius 2 is 1.94 bits per heavy atom. The van der Waals surface area contributed by atoms with E-state index in [9.17, 15) is 14.0 Å². The molecule has 2 aromatic heterocycles. The summed E-state index contributed by atoms with van der Waals surface area (Å²) in [5, 5.41) is 6.89. The summed E-state index contributed by atoms with van der Waals surface area (Å²) in [5.74, 6) is -0.0667. The minimum absolute atomic E-state index is 0.108. The monoisotopic (exact) mass is 449 g/mol. The number of rotatable bonds is 8. The second kappa shape index (κ2) is 9.82. The molecule has 0 spiro atoms. The van der Waals surface area contributed by atoms with Gasteiger partial charge in [-0.1, -0.05) is 12.1 Å². The van der Waals surface area contributed by atoms with Gasteiger partial charge in [-0.05, 0) is 54.1 Å². The number of nitrogens with zero attached hydrogens (tertiary/aromatic N) is 2. The molecule has 168 valence electrons. The van der Waals surface area contributed by atoms with Crippen LogP contribution in [0.1, 0.15) is 32.2 Å². The molecule has 4 aromatic rings. The second-order valence-corrected chi connectivity index (χ2v) is 7.08. The maximum absolute atomic E-state index is 13.3. The number of furan rings is 1. The molecule has 0 saturated heterocycles. The first-order valence-electron chi connectivity index (χ1n) is 9.98. The molecular formula is C24H20FN3O5. The molecular weight excluding hydrogens is 429 g/mol. The second-order valence-electron chi connectivity index (χ2n) is 7.08. The first-order chi connectivity index (χ1) is 16.0. The largest absolute Gasteiger partial charge is 0.486 e. The van der Waals surface area contributed by atoms with Gasteiger partial charge in [0.2, 0.25) is 0 Å². The SMILES string of the molecule is COC(=O)c1ccc(OCc2ccc(C(=O)Nc3cnn(Cc4cccc(F)c4)c3)o2)cc1. The number of halogens is 1. The Labute approximate surface area is 188 Å². The van der Waals surface area contributed by atoms with Gasteiger partial charge in [-0.25, -0.2) is 9.18 Å². The van der Waals surface area contributed by atoms with E-state index in [4.69, 9.17) is 9.15 Å². The summed E-state index contributed by atoms with van der Waals surface area (Å²) < 4.78 is 30.7. The molecule has 1 N–H and O–H groups in total. The molecule has 33 heavy (non-hydrogen) atoms. The van der Waals surface area contributed by atoms with Crippen molar-refractivity contribution in [3.8, 4) is 5.75 Å². The van der Waals surface area contributed by atoms with Crippen molar-refractivity contribution in [2.24, 2.45) is 0 Å². The van der Waals surface area contributed by atoms with Crippen molar-refractivity contribution in [2.45, 2.75) is 13.2 Å². The van der Waals surface area contributed by atoms with Crippen molar-refractivity contribution in [1.29, 1.82) is 0 Å². The van der Waals surface area contributed by atoms with Gasteiger partial charge in [0.1, 0.15) is 23.9 Å². The third-order valence-corrected chi connectivity index (χ3v) is 4.67. The molecule has 0 radical (unpaired) electrons.